The third-order valence-electron chi connectivity index (χ3n) is 2.89. The fraction of sp³-hybridized carbons (Fsp3) is 0.571. The molecule has 0 aliphatic carbocycles. The van der Waals surface area contributed by atoms with Gasteiger partial charge in [-0.2, -0.15) is 0 Å². The van der Waals surface area contributed by atoms with E-state index in [1.54, 1.807) is 0 Å². The number of nitrogens with one attached hydrogen (secondary N) is 1. The van der Waals surface area contributed by atoms with Crippen molar-refractivity contribution in [3.63, 3.8) is 0 Å². The van der Waals surface area contributed by atoms with E-state index in [2.05, 4.69) is 42.6 Å². The molecule has 0 radical (unpaired) electrons. The molecule has 0 saturated carbocycles. The van der Waals surface area contributed by atoms with Crippen LogP contribution in [0, 0.1) is 0 Å². The van der Waals surface area contributed by atoms with Gasteiger partial charge in [0.15, 0.2) is 0 Å². The van der Waals surface area contributed by atoms with Gasteiger partial charge in [0.25, 0.3) is 0 Å². The third kappa shape index (κ3) is 4.70. The van der Waals surface area contributed by atoms with Gasteiger partial charge >= 0.3 is 0 Å². The van der Waals surface area contributed by atoms with E-state index in [1.165, 1.54) is 24.9 Å². The van der Waals surface area contributed by atoms with Crippen LogP contribution in [0.25, 0.3) is 0 Å². The van der Waals surface area contributed by atoms with Gasteiger partial charge in [0.2, 0.25) is 0 Å². The molecular weight excluding hydrogens is 234 g/mol. The average molecular weight is 259 g/mol. The second-order valence-electron chi connectivity index (χ2n) is 3.99. The predicted octanol–water partition coefficient (Wildman–Crippen LogP) is 3.81. The second kappa shape index (κ2) is 8.82. The summed E-state index contributed by atoms with van der Waals surface area (Å²) in [6.07, 6.45) is 2.57. The van der Waals surface area contributed by atoms with Crippen LogP contribution in [0.3, 0.4) is 0 Å². The molecule has 1 fully saturated rings. The molecule has 1 heterocycles. The molecule has 0 amide bonds. The number of piperidine rings is 1. The van der Waals surface area contributed by atoms with E-state index in [-0.39, 0.29) is 18.8 Å². The molecule has 1 aliphatic heterocycles. The molecule has 2 rings (SSSR count). The number of hydrogen-bond donors (Lipinski definition) is 1. The normalized spacial score (nSPS) is 23.7. The Bertz CT molecular complexity index is 266. The van der Waals surface area contributed by atoms with E-state index in [0.29, 0.717) is 6.04 Å². The third-order valence-corrected chi connectivity index (χ3v) is 2.89. The molecular formula is C14H25CrN. The largest absolute Gasteiger partial charge is 0.314 e. The van der Waals surface area contributed by atoms with E-state index in [0.717, 1.165) is 5.92 Å². The Balaban J connectivity index is 0. The van der Waals surface area contributed by atoms with Crippen molar-refractivity contribution in [3.8, 4) is 0 Å². The molecule has 16 heavy (non-hydrogen) atoms. The maximum absolute atomic E-state index is 3.48. The topological polar surface area (TPSA) is 12.0 Å². The first kappa shape index (κ1) is 15.7. The summed E-state index contributed by atoms with van der Waals surface area (Å²) >= 11 is 0. The fourth-order valence-electron chi connectivity index (χ4n) is 2.16. The molecule has 2 heteroatoms. The van der Waals surface area contributed by atoms with Gasteiger partial charge in [0.1, 0.15) is 0 Å². The summed E-state index contributed by atoms with van der Waals surface area (Å²) in [6, 6.07) is 11.6. The van der Waals surface area contributed by atoms with E-state index < -0.39 is 0 Å². The number of hydrogen-bond acceptors (Lipinski definition) is 1. The standard InChI is InChI=1S/C12H17N.C2H6.Cr.H2/c1-10-9-12(7-8-13-10)11-5-3-2-4-6-11;1-2;;/h2-6,10,12-13H,7-9H2,1H3;1-2H3;;1H. The Morgan fingerprint density at radius 3 is 2.38 bits per heavy atom. The summed E-state index contributed by atoms with van der Waals surface area (Å²) in [5.74, 6) is 0.775. The second-order valence-corrected chi connectivity index (χ2v) is 3.99. The monoisotopic (exact) mass is 259 g/mol. The Morgan fingerprint density at radius 2 is 1.81 bits per heavy atom. The van der Waals surface area contributed by atoms with Gasteiger partial charge in [-0.05, 0) is 37.8 Å². The van der Waals surface area contributed by atoms with Gasteiger partial charge in [-0.3, -0.25) is 0 Å². The molecule has 0 aromatic heterocycles. The van der Waals surface area contributed by atoms with Gasteiger partial charge in [0, 0.05) is 24.8 Å². The predicted molar refractivity (Wildman–Crippen MR) is 69.3 cm³/mol. The summed E-state index contributed by atoms with van der Waals surface area (Å²) in [7, 11) is 0. The molecule has 2 unspecified atom stereocenters. The zero-order chi connectivity index (χ0) is 11.1. The Kier molecular flexibility index (Phi) is 8.66. The SMILES string of the molecule is CC.CC1CC(c2ccccc2)CCN1.[Cr].[HH]. The van der Waals surface area contributed by atoms with Crippen molar-refractivity contribution < 1.29 is 18.8 Å². The van der Waals surface area contributed by atoms with Gasteiger partial charge < -0.3 is 5.32 Å². The van der Waals surface area contributed by atoms with Gasteiger partial charge in [-0.25, -0.2) is 0 Å². The van der Waals surface area contributed by atoms with E-state index in [1.807, 2.05) is 13.8 Å². The molecule has 2 atom stereocenters. The van der Waals surface area contributed by atoms with Crippen molar-refractivity contribution in [2.75, 3.05) is 6.54 Å². The Labute approximate surface area is 112 Å². The summed E-state index contributed by atoms with van der Waals surface area (Å²) in [4.78, 5) is 0. The van der Waals surface area contributed by atoms with Crippen LogP contribution in [0.4, 0.5) is 0 Å². The summed E-state index contributed by atoms with van der Waals surface area (Å²) in [6.45, 7) is 7.44. The quantitative estimate of drug-likeness (QED) is 0.808. The molecule has 0 bridgehead atoms. The maximum Gasteiger partial charge on any atom is 0.00445 e. The zero-order valence-corrected chi connectivity index (χ0v) is 11.8. The summed E-state index contributed by atoms with van der Waals surface area (Å²) in [5.41, 5.74) is 1.51. The minimum atomic E-state index is 0. The van der Waals surface area contributed by atoms with Gasteiger partial charge in [-0.15, -0.1) is 0 Å². The maximum atomic E-state index is 3.48. The van der Waals surface area contributed by atoms with Gasteiger partial charge in [-0.1, -0.05) is 44.2 Å². The van der Waals surface area contributed by atoms with Crippen LogP contribution < -0.4 is 5.32 Å². The van der Waals surface area contributed by atoms with Crippen LogP contribution in [0.15, 0.2) is 30.3 Å². The summed E-state index contributed by atoms with van der Waals surface area (Å²) < 4.78 is 0. The van der Waals surface area contributed by atoms with Crippen molar-refractivity contribution in [1.29, 1.82) is 0 Å². The van der Waals surface area contributed by atoms with Crippen LogP contribution >= 0.6 is 0 Å². The number of benzene rings is 1. The van der Waals surface area contributed by atoms with Crippen molar-refractivity contribution in [3.05, 3.63) is 35.9 Å². The average Bonchev–Trinajstić information content (AvgIpc) is 2.33. The van der Waals surface area contributed by atoms with E-state index >= 15 is 0 Å². The van der Waals surface area contributed by atoms with Crippen molar-refractivity contribution in [2.45, 2.75) is 45.6 Å². The van der Waals surface area contributed by atoms with Crippen LogP contribution in [0.2, 0.25) is 0 Å². The first-order chi connectivity index (χ1) is 7.36. The van der Waals surface area contributed by atoms with Crippen molar-refractivity contribution in [1.82, 2.24) is 5.32 Å². The Morgan fingerprint density at radius 1 is 1.19 bits per heavy atom. The molecule has 1 nitrogen and oxygen atoms in total. The van der Waals surface area contributed by atoms with Crippen molar-refractivity contribution >= 4 is 0 Å². The fourth-order valence-corrected chi connectivity index (χ4v) is 2.16. The zero-order valence-electron chi connectivity index (χ0n) is 10.6. The van der Waals surface area contributed by atoms with Crippen LogP contribution in [0.1, 0.15) is 46.5 Å². The molecule has 92 valence electrons. The van der Waals surface area contributed by atoms with Gasteiger partial charge in [0.05, 0.1) is 0 Å². The molecule has 0 spiro atoms. The smallest absolute Gasteiger partial charge is 0.00445 e. The molecule has 1 saturated heterocycles. The molecule has 1 aliphatic rings. The first-order valence-corrected chi connectivity index (χ1v) is 6.14. The molecule has 1 aromatic rings. The van der Waals surface area contributed by atoms with Crippen molar-refractivity contribution in [2.24, 2.45) is 0 Å². The Hall–Kier alpha value is -0.288. The first-order valence-electron chi connectivity index (χ1n) is 6.14. The van der Waals surface area contributed by atoms with E-state index in [9.17, 15) is 0 Å². The molecule has 1 N–H and O–H groups in total. The minimum absolute atomic E-state index is 0. The van der Waals surface area contributed by atoms with E-state index in [4.69, 9.17) is 0 Å². The van der Waals surface area contributed by atoms with Crippen LogP contribution in [-0.2, 0) is 17.4 Å². The number of rotatable bonds is 1. The summed E-state index contributed by atoms with van der Waals surface area (Å²) in [5, 5.41) is 3.48. The van der Waals surface area contributed by atoms with Crippen LogP contribution in [-0.4, -0.2) is 12.6 Å². The van der Waals surface area contributed by atoms with Crippen LogP contribution in [0.5, 0.6) is 0 Å². The minimum Gasteiger partial charge on any atom is -0.314 e. The molecule has 1 aromatic carbocycles.